The monoisotopic (exact) mass is 475 g/mol. The fraction of sp³-hybridized carbons (Fsp3) is 0.261. The number of nitrogens with one attached hydrogen (secondary N) is 2. The number of hydrogen-bond donors (Lipinski definition) is 2. The van der Waals surface area contributed by atoms with Gasteiger partial charge in [0.2, 0.25) is 0 Å². The van der Waals surface area contributed by atoms with Crippen molar-refractivity contribution in [1.29, 1.82) is 0 Å². The number of carbonyl (C=O) groups excluding carboxylic acids is 1. The Bertz CT molecular complexity index is 1210. The smallest absolute Gasteiger partial charge is 0.261 e. The molecule has 0 aliphatic carbocycles. The number of rotatable bonds is 8. The number of amides is 1. The minimum atomic E-state index is -4.11. The molecule has 174 valence electrons. The minimum Gasteiger partial charge on any atom is -0.468 e. The molecule has 0 saturated carbocycles. The van der Waals surface area contributed by atoms with Crippen LogP contribution < -0.4 is 10.0 Å². The molecule has 1 aromatic heterocycles. The van der Waals surface area contributed by atoms with Crippen LogP contribution in [0.4, 0.5) is 14.5 Å². The Morgan fingerprint density at radius 3 is 2.39 bits per heavy atom. The van der Waals surface area contributed by atoms with Crippen molar-refractivity contribution in [3.8, 4) is 0 Å². The Balaban J connectivity index is 1.40. The van der Waals surface area contributed by atoms with E-state index in [0.717, 1.165) is 43.8 Å². The number of halogens is 2. The molecule has 10 heteroatoms. The zero-order valence-electron chi connectivity index (χ0n) is 17.6. The highest BCUT2D eigenvalue weighted by Gasteiger charge is 2.26. The second-order valence-electron chi connectivity index (χ2n) is 7.74. The molecular weight excluding hydrogens is 452 g/mol. The van der Waals surface area contributed by atoms with E-state index in [4.69, 9.17) is 4.42 Å². The van der Waals surface area contributed by atoms with Crippen molar-refractivity contribution >= 4 is 21.6 Å². The maximum absolute atomic E-state index is 13.4. The lowest BCUT2D eigenvalue weighted by Gasteiger charge is -2.26. The van der Waals surface area contributed by atoms with Crippen molar-refractivity contribution in [2.45, 2.75) is 23.8 Å². The van der Waals surface area contributed by atoms with E-state index in [1.54, 1.807) is 6.26 Å². The van der Waals surface area contributed by atoms with Gasteiger partial charge in [-0.3, -0.25) is 14.4 Å². The summed E-state index contributed by atoms with van der Waals surface area (Å²) in [5.41, 5.74) is 0.534. The van der Waals surface area contributed by atoms with Gasteiger partial charge in [0.1, 0.15) is 5.76 Å². The van der Waals surface area contributed by atoms with Crippen molar-refractivity contribution in [2.75, 3.05) is 24.4 Å². The molecule has 2 N–H and O–H groups in total. The zero-order chi connectivity index (χ0) is 23.4. The van der Waals surface area contributed by atoms with Crippen LogP contribution in [-0.4, -0.2) is 38.9 Å². The summed E-state index contributed by atoms with van der Waals surface area (Å²) in [4.78, 5) is 14.5. The van der Waals surface area contributed by atoms with Gasteiger partial charge in [-0.15, -0.1) is 0 Å². The van der Waals surface area contributed by atoms with Gasteiger partial charge in [-0.2, -0.15) is 0 Å². The maximum atomic E-state index is 13.4. The molecular formula is C23H23F2N3O4S. The highest BCUT2D eigenvalue weighted by Crippen LogP contribution is 2.25. The molecule has 7 nitrogen and oxygen atoms in total. The second-order valence-corrected chi connectivity index (χ2v) is 9.43. The van der Waals surface area contributed by atoms with E-state index in [-0.39, 0.29) is 17.6 Å². The van der Waals surface area contributed by atoms with E-state index in [1.165, 1.54) is 24.3 Å². The van der Waals surface area contributed by atoms with Gasteiger partial charge in [0.15, 0.2) is 11.6 Å². The maximum Gasteiger partial charge on any atom is 0.261 e. The SMILES string of the molecule is O=C(NC[C@@H](c1ccco1)N1CCCC1)c1ccc(NS(=O)(=O)c2ccc(F)c(F)c2)cc1. The molecule has 1 saturated heterocycles. The van der Waals surface area contributed by atoms with Crippen LogP contribution in [0.3, 0.4) is 0 Å². The predicted octanol–water partition coefficient (Wildman–Crippen LogP) is 3.93. The third-order valence-electron chi connectivity index (χ3n) is 5.51. The van der Waals surface area contributed by atoms with Crippen molar-refractivity contribution in [1.82, 2.24) is 10.2 Å². The first kappa shape index (κ1) is 22.9. The Morgan fingerprint density at radius 1 is 1.03 bits per heavy atom. The Labute approximate surface area is 190 Å². The normalized spacial score (nSPS) is 15.3. The van der Waals surface area contributed by atoms with Crippen LogP contribution in [0.2, 0.25) is 0 Å². The average molecular weight is 476 g/mol. The first-order valence-electron chi connectivity index (χ1n) is 10.5. The van der Waals surface area contributed by atoms with Gasteiger partial charge < -0.3 is 9.73 Å². The number of likely N-dealkylation sites (tertiary alicyclic amines) is 1. The van der Waals surface area contributed by atoms with Crippen molar-refractivity contribution in [2.24, 2.45) is 0 Å². The molecule has 1 fully saturated rings. The van der Waals surface area contributed by atoms with Gasteiger partial charge in [-0.1, -0.05) is 0 Å². The molecule has 1 aliphatic heterocycles. The standard InChI is InChI=1S/C23H23F2N3O4S/c24-19-10-9-18(14-20(19)25)33(30,31)27-17-7-5-16(6-8-17)23(29)26-15-21(22-4-3-13-32-22)28-11-1-2-12-28/h3-10,13-14,21,27H,1-2,11-12,15H2,(H,26,29)/t21-/m0/s1. The molecule has 3 aromatic rings. The fourth-order valence-electron chi connectivity index (χ4n) is 3.78. The molecule has 2 aromatic carbocycles. The lowest BCUT2D eigenvalue weighted by atomic mass is 10.1. The number of nitrogens with zero attached hydrogens (tertiary/aromatic N) is 1. The predicted molar refractivity (Wildman–Crippen MR) is 118 cm³/mol. The van der Waals surface area contributed by atoms with Crippen LogP contribution in [0.1, 0.15) is 35.0 Å². The van der Waals surface area contributed by atoms with E-state index < -0.39 is 26.6 Å². The summed E-state index contributed by atoms with van der Waals surface area (Å²) in [6, 6.07) is 11.8. The number of hydrogen-bond acceptors (Lipinski definition) is 5. The highest BCUT2D eigenvalue weighted by atomic mass is 32.2. The Kier molecular flexibility index (Phi) is 6.75. The number of anilines is 1. The molecule has 0 spiro atoms. The van der Waals surface area contributed by atoms with Gasteiger partial charge >= 0.3 is 0 Å². The lowest BCUT2D eigenvalue weighted by molar-refractivity contribution is 0.0934. The van der Waals surface area contributed by atoms with E-state index in [2.05, 4.69) is 14.9 Å². The van der Waals surface area contributed by atoms with Crippen LogP contribution in [0.15, 0.2) is 70.2 Å². The number of furan rings is 1. The summed E-state index contributed by atoms with van der Waals surface area (Å²) >= 11 is 0. The van der Waals surface area contributed by atoms with Crippen molar-refractivity contribution < 1.29 is 26.4 Å². The van der Waals surface area contributed by atoms with E-state index >= 15 is 0 Å². The molecule has 0 unspecified atom stereocenters. The van der Waals surface area contributed by atoms with Crippen molar-refractivity contribution in [3.63, 3.8) is 0 Å². The molecule has 2 heterocycles. The largest absolute Gasteiger partial charge is 0.468 e. The molecule has 0 bridgehead atoms. The van der Waals surface area contributed by atoms with Crippen LogP contribution >= 0.6 is 0 Å². The van der Waals surface area contributed by atoms with Crippen LogP contribution in [-0.2, 0) is 10.0 Å². The van der Waals surface area contributed by atoms with Gasteiger partial charge in [0, 0.05) is 17.8 Å². The average Bonchev–Trinajstić information content (AvgIpc) is 3.51. The topological polar surface area (TPSA) is 91.7 Å². The summed E-state index contributed by atoms with van der Waals surface area (Å²) in [6.45, 7) is 2.25. The summed E-state index contributed by atoms with van der Waals surface area (Å²) in [5.74, 6) is -1.91. The number of benzene rings is 2. The van der Waals surface area contributed by atoms with Crippen molar-refractivity contribution in [3.05, 3.63) is 83.8 Å². The Morgan fingerprint density at radius 2 is 1.76 bits per heavy atom. The first-order valence-corrected chi connectivity index (χ1v) is 12.0. The van der Waals surface area contributed by atoms with E-state index in [1.807, 2.05) is 12.1 Å². The molecule has 33 heavy (non-hydrogen) atoms. The third kappa shape index (κ3) is 5.40. The van der Waals surface area contributed by atoms with E-state index in [0.29, 0.717) is 18.2 Å². The summed E-state index contributed by atoms with van der Waals surface area (Å²) in [5, 5.41) is 2.91. The summed E-state index contributed by atoms with van der Waals surface area (Å²) in [7, 11) is -4.11. The molecule has 1 amide bonds. The lowest BCUT2D eigenvalue weighted by Crippen LogP contribution is -2.36. The van der Waals surface area contributed by atoms with Crippen LogP contribution in [0, 0.1) is 11.6 Å². The van der Waals surface area contributed by atoms with Gasteiger partial charge in [0.25, 0.3) is 15.9 Å². The van der Waals surface area contributed by atoms with Crippen LogP contribution in [0.5, 0.6) is 0 Å². The number of carbonyl (C=O) groups is 1. The van der Waals surface area contributed by atoms with Crippen LogP contribution in [0.25, 0.3) is 0 Å². The van der Waals surface area contributed by atoms with Gasteiger partial charge in [-0.25, -0.2) is 17.2 Å². The number of sulfonamides is 1. The van der Waals surface area contributed by atoms with E-state index in [9.17, 15) is 22.0 Å². The van der Waals surface area contributed by atoms with Gasteiger partial charge in [0.05, 0.1) is 17.2 Å². The summed E-state index contributed by atoms with van der Waals surface area (Å²) in [6.07, 6.45) is 3.82. The Hall–Kier alpha value is -3.24. The third-order valence-corrected chi connectivity index (χ3v) is 6.89. The summed E-state index contributed by atoms with van der Waals surface area (Å²) < 4.78 is 59.1. The highest BCUT2D eigenvalue weighted by molar-refractivity contribution is 7.92. The fourth-order valence-corrected chi connectivity index (χ4v) is 4.85. The minimum absolute atomic E-state index is 0.0614. The molecule has 1 atom stereocenters. The second kappa shape index (κ2) is 9.72. The van der Waals surface area contributed by atoms with Gasteiger partial charge in [-0.05, 0) is 80.5 Å². The molecule has 0 radical (unpaired) electrons. The first-order chi connectivity index (χ1) is 15.8. The molecule has 4 rings (SSSR count). The molecule has 1 aliphatic rings. The quantitative estimate of drug-likeness (QED) is 0.515. The zero-order valence-corrected chi connectivity index (χ0v) is 18.4.